The molecule has 2 rings (SSSR count). The Labute approximate surface area is 97.3 Å². The van der Waals surface area contributed by atoms with Crippen molar-refractivity contribution in [3.63, 3.8) is 0 Å². The molecule has 0 aromatic carbocycles. The van der Waals surface area contributed by atoms with E-state index in [1.807, 2.05) is 4.90 Å². The highest BCUT2D eigenvalue weighted by Gasteiger charge is 2.50. The molecule has 3 atom stereocenters. The molecule has 0 bridgehead atoms. The van der Waals surface area contributed by atoms with Crippen LogP contribution in [0.2, 0.25) is 0 Å². The minimum Gasteiger partial charge on any atom is -0.376 e. The molecule has 1 amide bonds. The molecule has 2 aliphatic rings. The number of nitrogens with zero attached hydrogens (tertiary/aromatic N) is 1. The Morgan fingerprint density at radius 1 is 1.47 bits per heavy atom. The Balaban J connectivity index is 2.32. The molecule has 4 nitrogen and oxygen atoms in total. The van der Waals surface area contributed by atoms with Gasteiger partial charge in [0.2, 0.25) is 0 Å². The van der Waals surface area contributed by atoms with Crippen molar-refractivity contribution in [3.05, 3.63) is 10.6 Å². The summed E-state index contributed by atoms with van der Waals surface area (Å²) in [7, 11) is 3.16. The lowest BCUT2D eigenvalue weighted by atomic mass is 10.1. The fourth-order valence-corrected chi connectivity index (χ4v) is 3.03. The second kappa shape index (κ2) is 4.23. The summed E-state index contributed by atoms with van der Waals surface area (Å²) < 4.78 is 11.6. The van der Waals surface area contributed by atoms with Crippen LogP contribution < -0.4 is 0 Å². The van der Waals surface area contributed by atoms with E-state index in [2.05, 4.69) is 22.0 Å². The first-order chi connectivity index (χ1) is 7.20. The van der Waals surface area contributed by atoms with Crippen molar-refractivity contribution in [3.8, 4) is 0 Å². The third-order valence-corrected chi connectivity index (χ3v) is 3.78. The highest BCUT2D eigenvalue weighted by Crippen LogP contribution is 2.34. The Hall–Kier alpha value is -0.390. The van der Waals surface area contributed by atoms with Crippen LogP contribution in [0.1, 0.15) is 6.42 Å². The van der Waals surface area contributed by atoms with Gasteiger partial charge in [0.05, 0.1) is 6.04 Å². The van der Waals surface area contributed by atoms with Crippen LogP contribution in [0.4, 0.5) is 0 Å². The topological polar surface area (TPSA) is 38.8 Å². The second-order valence-electron chi connectivity index (χ2n) is 3.71. The Bertz CT molecular complexity index is 305. The molecule has 0 spiro atoms. The van der Waals surface area contributed by atoms with Gasteiger partial charge in [-0.2, -0.15) is 0 Å². The molecule has 0 aliphatic carbocycles. The first-order valence-electron chi connectivity index (χ1n) is 4.92. The minimum absolute atomic E-state index is 0.0128. The molecule has 0 N–H and O–H groups in total. The molecule has 84 valence electrons. The van der Waals surface area contributed by atoms with Gasteiger partial charge < -0.3 is 14.4 Å². The minimum atomic E-state index is -0.473. The van der Waals surface area contributed by atoms with Gasteiger partial charge in [0.1, 0.15) is 6.10 Å². The molecule has 1 fully saturated rings. The highest BCUT2D eigenvalue weighted by molar-refractivity contribution is 9.11. The van der Waals surface area contributed by atoms with E-state index in [1.54, 1.807) is 14.2 Å². The molecule has 0 unspecified atom stereocenters. The van der Waals surface area contributed by atoms with E-state index >= 15 is 0 Å². The van der Waals surface area contributed by atoms with Gasteiger partial charge in [0, 0.05) is 25.2 Å². The van der Waals surface area contributed by atoms with Crippen LogP contribution in [0.25, 0.3) is 0 Å². The molecule has 15 heavy (non-hydrogen) atoms. The average Bonchev–Trinajstić information content (AvgIpc) is 2.53. The fourth-order valence-electron chi connectivity index (χ4n) is 2.29. The zero-order chi connectivity index (χ0) is 11.0. The summed E-state index contributed by atoms with van der Waals surface area (Å²) in [5, 5.41) is 0. The Kier molecular flexibility index (Phi) is 3.13. The fraction of sp³-hybridized carbons (Fsp3) is 0.700. The summed E-state index contributed by atoms with van der Waals surface area (Å²) in [5.74, 6) is 0.0272. The summed E-state index contributed by atoms with van der Waals surface area (Å²) in [5.41, 5.74) is 0. The van der Waals surface area contributed by atoms with E-state index in [9.17, 15) is 4.79 Å². The van der Waals surface area contributed by atoms with Gasteiger partial charge in [0.15, 0.2) is 6.10 Å². The lowest BCUT2D eigenvalue weighted by Crippen LogP contribution is -2.40. The van der Waals surface area contributed by atoms with Gasteiger partial charge >= 0.3 is 0 Å². The molecular formula is C10H14BrNO3. The van der Waals surface area contributed by atoms with E-state index in [0.29, 0.717) is 0 Å². The van der Waals surface area contributed by atoms with Crippen LogP contribution in [0.3, 0.4) is 0 Å². The van der Waals surface area contributed by atoms with Crippen molar-refractivity contribution in [1.29, 1.82) is 0 Å². The maximum absolute atomic E-state index is 12.0. The molecular weight excluding hydrogens is 262 g/mol. The molecule has 5 heteroatoms. The Morgan fingerprint density at radius 2 is 2.20 bits per heavy atom. The quantitative estimate of drug-likeness (QED) is 0.752. The van der Waals surface area contributed by atoms with Gasteiger partial charge in [-0.15, -0.1) is 0 Å². The largest absolute Gasteiger partial charge is 0.376 e. The maximum atomic E-state index is 12.0. The summed E-state index contributed by atoms with van der Waals surface area (Å²) in [6.07, 6.45) is 2.29. The number of methoxy groups -OCH3 is 2. The van der Waals surface area contributed by atoms with Crippen molar-refractivity contribution in [2.75, 3.05) is 20.8 Å². The monoisotopic (exact) mass is 275 g/mol. The smallest absolute Gasteiger partial charge is 0.255 e. The number of hydrogen-bond acceptors (Lipinski definition) is 3. The number of carbonyl (C=O) groups excluding carboxylic acids is 1. The summed E-state index contributed by atoms with van der Waals surface area (Å²) >= 11 is 3.49. The maximum Gasteiger partial charge on any atom is 0.255 e. The molecule has 2 aliphatic heterocycles. The van der Waals surface area contributed by atoms with E-state index in [4.69, 9.17) is 9.47 Å². The first kappa shape index (κ1) is 11.1. The Morgan fingerprint density at radius 3 is 2.80 bits per heavy atom. The second-order valence-corrected chi connectivity index (χ2v) is 4.63. The third kappa shape index (κ3) is 1.62. The van der Waals surface area contributed by atoms with Gasteiger partial charge in [-0.3, -0.25) is 4.79 Å². The van der Waals surface area contributed by atoms with E-state index in [1.165, 1.54) is 0 Å². The van der Waals surface area contributed by atoms with Gasteiger partial charge in [-0.1, -0.05) is 22.0 Å². The zero-order valence-corrected chi connectivity index (χ0v) is 10.4. The normalized spacial score (nSPS) is 35.4. The van der Waals surface area contributed by atoms with Gasteiger partial charge in [-0.25, -0.2) is 0 Å². The molecule has 0 aromatic heterocycles. The van der Waals surface area contributed by atoms with Gasteiger partial charge in [0.25, 0.3) is 5.91 Å². The third-order valence-electron chi connectivity index (χ3n) is 2.99. The van der Waals surface area contributed by atoms with Crippen LogP contribution in [0, 0.1) is 0 Å². The van der Waals surface area contributed by atoms with Crippen molar-refractivity contribution >= 4 is 21.8 Å². The summed E-state index contributed by atoms with van der Waals surface area (Å²) in [4.78, 5) is 13.8. The van der Waals surface area contributed by atoms with Crippen molar-refractivity contribution in [1.82, 2.24) is 4.90 Å². The zero-order valence-electron chi connectivity index (χ0n) is 8.77. The molecule has 0 aromatic rings. The van der Waals surface area contributed by atoms with Crippen LogP contribution in [0.5, 0.6) is 0 Å². The van der Waals surface area contributed by atoms with Crippen LogP contribution in [0.15, 0.2) is 10.6 Å². The van der Waals surface area contributed by atoms with Crippen LogP contribution in [-0.4, -0.2) is 49.8 Å². The predicted octanol–water partition coefficient (Wildman–Crippen LogP) is 0.910. The highest BCUT2D eigenvalue weighted by atomic mass is 79.9. The molecule has 0 radical (unpaired) electrons. The number of ether oxygens (including phenoxy) is 2. The van der Waals surface area contributed by atoms with E-state index in [0.717, 1.165) is 17.4 Å². The van der Waals surface area contributed by atoms with Crippen molar-refractivity contribution in [2.24, 2.45) is 0 Å². The van der Waals surface area contributed by atoms with Crippen LogP contribution >= 0.6 is 15.9 Å². The lowest BCUT2D eigenvalue weighted by Gasteiger charge is -2.30. The standard InChI is InChI=1S/C10H14BrNO3/c1-14-8-7-6(11)4-3-5-12(7)10(13)9(8)15-2/h4,7-9H,3,5H2,1-2H3/t7-,8-,9+/m0/s1. The van der Waals surface area contributed by atoms with Crippen LogP contribution in [-0.2, 0) is 14.3 Å². The number of carbonyl (C=O) groups is 1. The molecule has 1 saturated heterocycles. The number of hydrogen-bond donors (Lipinski definition) is 0. The van der Waals surface area contributed by atoms with Crippen molar-refractivity contribution < 1.29 is 14.3 Å². The summed E-state index contributed by atoms with van der Waals surface area (Å²) in [6, 6.07) is -0.0128. The SMILES string of the molecule is CO[C@@H]1[C@@H](OC)C(=O)N2CCC=C(Br)[C@@H]12. The molecule has 2 heterocycles. The first-order valence-corrected chi connectivity index (χ1v) is 5.71. The van der Waals surface area contributed by atoms with E-state index in [-0.39, 0.29) is 18.1 Å². The summed E-state index contributed by atoms with van der Waals surface area (Å²) in [6.45, 7) is 0.748. The van der Waals surface area contributed by atoms with Gasteiger partial charge in [-0.05, 0) is 6.42 Å². The number of fused-ring (bicyclic) bond motifs is 1. The average molecular weight is 276 g/mol. The van der Waals surface area contributed by atoms with Crippen molar-refractivity contribution in [2.45, 2.75) is 24.7 Å². The number of rotatable bonds is 2. The lowest BCUT2D eigenvalue weighted by molar-refractivity contribution is -0.138. The number of amides is 1. The molecule has 0 saturated carbocycles. The number of halogens is 1. The predicted molar refractivity (Wildman–Crippen MR) is 58.7 cm³/mol. The van der Waals surface area contributed by atoms with E-state index < -0.39 is 6.10 Å².